The van der Waals surface area contributed by atoms with E-state index in [2.05, 4.69) is 41.3 Å². The highest BCUT2D eigenvalue weighted by molar-refractivity contribution is 6.31. The zero-order chi connectivity index (χ0) is 13.4. The summed E-state index contributed by atoms with van der Waals surface area (Å²) in [6.45, 7) is 7.68. The van der Waals surface area contributed by atoms with Crippen molar-refractivity contribution in [3.63, 3.8) is 0 Å². The highest BCUT2D eigenvalue weighted by Gasteiger charge is 2.22. The van der Waals surface area contributed by atoms with Crippen LogP contribution in [0, 0.1) is 0 Å². The number of fused-ring (bicyclic) bond motifs is 1. The van der Waals surface area contributed by atoms with Crippen molar-refractivity contribution < 1.29 is 0 Å². The van der Waals surface area contributed by atoms with Crippen LogP contribution >= 0.6 is 11.6 Å². The lowest BCUT2D eigenvalue weighted by Crippen LogP contribution is -2.53. The maximum Gasteiger partial charge on any atom is 0.0472 e. The quantitative estimate of drug-likeness (QED) is 0.884. The normalized spacial score (nSPS) is 25.0. The monoisotopic (exact) mass is 277 g/mol. The third-order valence-corrected chi connectivity index (χ3v) is 4.23. The predicted molar refractivity (Wildman–Crippen MR) is 80.6 cm³/mol. The highest BCUT2D eigenvalue weighted by Crippen LogP contribution is 2.24. The molecular weight excluding hydrogens is 258 g/mol. The van der Waals surface area contributed by atoms with E-state index >= 15 is 0 Å². The first kappa shape index (κ1) is 13.0. The van der Waals surface area contributed by atoms with E-state index in [1.54, 1.807) is 0 Å². The van der Waals surface area contributed by atoms with Crippen molar-refractivity contribution in [3.8, 4) is 0 Å². The summed E-state index contributed by atoms with van der Waals surface area (Å²) < 4.78 is 0. The summed E-state index contributed by atoms with van der Waals surface area (Å²) in [5, 5.41) is 5.58. The molecule has 2 unspecified atom stereocenters. The Balaban J connectivity index is 1.84. The second-order valence-corrected chi connectivity index (χ2v) is 6.03. The molecule has 3 rings (SSSR count). The van der Waals surface area contributed by atoms with Gasteiger partial charge in [-0.05, 0) is 31.5 Å². The van der Waals surface area contributed by atoms with E-state index in [1.807, 2.05) is 12.1 Å². The first-order valence-corrected chi connectivity index (χ1v) is 7.24. The summed E-state index contributed by atoms with van der Waals surface area (Å²) in [6, 6.07) is 7.21. The number of hydrogen-bond acceptors (Lipinski definition) is 2. The van der Waals surface area contributed by atoms with Gasteiger partial charge in [-0.1, -0.05) is 17.7 Å². The van der Waals surface area contributed by atoms with Gasteiger partial charge in [0.05, 0.1) is 0 Å². The van der Waals surface area contributed by atoms with Gasteiger partial charge in [-0.3, -0.25) is 4.90 Å². The third-order valence-electron chi connectivity index (χ3n) is 4.00. The molecule has 1 aliphatic heterocycles. The van der Waals surface area contributed by atoms with Gasteiger partial charge in [0.25, 0.3) is 0 Å². The summed E-state index contributed by atoms with van der Waals surface area (Å²) in [5.41, 5.74) is 2.48. The van der Waals surface area contributed by atoms with Gasteiger partial charge in [0.15, 0.2) is 0 Å². The van der Waals surface area contributed by atoms with Gasteiger partial charge >= 0.3 is 0 Å². The van der Waals surface area contributed by atoms with Gasteiger partial charge in [-0.15, -0.1) is 0 Å². The van der Waals surface area contributed by atoms with Gasteiger partial charge in [-0.25, -0.2) is 0 Å². The van der Waals surface area contributed by atoms with Crippen molar-refractivity contribution >= 4 is 22.5 Å². The Bertz CT molecular complexity index is 578. The van der Waals surface area contributed by atoms with Gasteiger partial charge in [0.2, 0.25) is 0 Å². The SMILES string of the molecule is CC1CN(Cc2c[nH]c3cc(Cl)ccc23)C(C)CN1. The number of rotatable bonds is 2. The minimum Gasteiger partial charge on any atom is -0.361 e. The molecule has 1 aromatic carbocycles. The Morgan fingerprint density at radius 3 is 3.05 bits per heavy atom. The van der Waals surface area contributed by atoms with Crippen LogP contribution in [0.25, 0.3) is 10.9 Å². The van der Waals surface area contributed by atoms with E-state index in [4.69, 9.17) is 11.6 Å². The molecule has 0 aliphatic carbocycles. The van der Waals surface area contributed by atoms with Crippen LogP contribution in [0.2, 0.25) is 5.02 Å². The van der Waals surface area contributed by atoms with Crippen LogP contribution in [0.4, 0.5) is 0 Å². The van der Waals surface area contributed by atoms with Gasteiger partial charge in [0.1, 0.15) is 0 Å². The Hall–Kier alpha value is -1.03. The fourth-order valence-corrected chi connectivity index (χ4v) is 3.00. The van der Waals surface area contributed by atoms with Crippen LogP contribution in [-0.4, -0.2) is 35.1 Å². The molecule has 2 atom stereocenters. The maximum absolute atomic E-state index is 6.02. The fourth-order valence-electron chi connectivity index (χ4n) is 2.83. The molecule has 1 fully saturated rings. The number of benzene rings is 1. The van der Waals surface area contributed by atoms with Crippen LogP contribution in [0.5, 0.6) is 0 Å². The summed E-state index contributed by atoms with van der Waals surface area (Å²) in [7, 11) is 0. The molecule has 1 aromatic heterocycles. The second kappa shape index (κ2) is 5.16. The molecule has 102 valence electrons. The lowest BCUT2D eigenvalue weighted by atomic mass is 10.1. The Morgan fingerprint density at radius 2 is 2.21 bits per heavy atom. The molecule has 1 aliphatic rings. The van der Waals surface area contributed by atoms with E-state index < -0.39 is 0 Å². The summed E-state index contributed by atoms with van der Waals surface area (Å²) in [5.74, 6) is 0. The lowest BCUT2D eigenvalue weighted by molar-refractivity contribution is 0.139. The largest absolute Gasteiger partial charge is 0.361 e. The van der Waals surface area contributed by atoms with Crippen molar-refractivity contribution in [2.75, 3.05) is 13.1 Å². The molecule has 3 nitrogen and oxygen atoms in total. The molecule has 19 heavy (non-hydrogen) atoms. The van der Waals surface area contributed by atoms with E-state index in [-0.39, 0.29) is 0 Å². The topological polar surface area (TPSA) is 31.1 Å². The summed E-state index contributed by atoms with van der Waals surface area (Å²) >= 11 is 6.02. The standard InChI is InChI=1S/C15H20ClN3/c1-10-8-19(11(2)6-17-10)9-12-7-18-15-5-13(16)3-4-14(12)15/h3-5,7,10-11,17-18H,6,8-9H2,1-2H3. The highest BCUT2D eigenvalue weighted by atomic mass is 35.5. The van der Waals surface area contributed by atoms with Crippen molar-refractivity contribution in [2.45, 2.75) is 32.5 Å². The Morgan fingerprint density at radius 1 is 1.37 bits per heavy atom. The molecule has 0 amide bonds. The average molecular weight is 278 g/mol. The van der Waals surface area contributed by atoms with Crippen molar-refractivity contribution in [3.05, 3.63) is 35.0 Å². The first-order chi connectivity index (χ1) is 9.13. The summed E-state index contributed by atoms with van der Waals surface area (Å²) in [6.07, 6.45) is 2.11. The van der Waals surface area contributed by atoms with E-state index in [9.17, 15) is 0 Å². The van der Waals surface area contributed by atoms with Crippen LogP contribution < -0.4 is 5.32 Å². The number of hydrogen-bond donors (Lipinski definition) is 2. The predicted octanol–water partition coefficient (Wildman–Crippen LogP) is 3.00. The summed E-state index contributed by atoms with van der Waals surface area (Å²) in [4.78, 5) is 5.86. The molecule has 0 spiro atoms. The zero-order valence-corrected chi connectivity index (χ0v) is 12.2. The molecule has 0 saturated carbocycles. The number of aromatic amines is 1. The van der Waals surface area contributed by atoms with Crippen LogP contribution in [-0.2, 0) is 6.54 Å². The molecule has 4 heteroatoms. The van der Waals surface area contributed by atoms with Crippen LogP contribution in [0.15, 0.2) is 24.4 Å². The number of nitrogens with zero attached hydrogens (tertiary/aromatic N) is 1. The number of nitrogens with one attached hydrogen (secondary N) is 2. The van der Waals surface area contributed by atoms with Crippen LogP contribution in [0.3, 0.4) is 0 Å². The molecule has 2 aromatic rings. The average Bonchev–Trinajstić information content (AvgIpc) is 2.76. The Kier molecular flexibility index (Phi) is 3.52. The molecular formula is C15H20ClN3. The number of piperazine rings is 1. The minimum atomic E-state index is 0.566. The van der Waals surface area contributed by atoms with Crippen LogP contribution in [0.1, 0.15) is 19.4 Å². The lowest BCUT2D eigenvalue weighted by Gasteiger charge is -2.37. The molecule has 1 saturated heterocycles. The third kappa shape index (κ3) is 2.64. The second-order valence-electron chi connectivity index (χ2n) is 5.59. The van der Waals surface area contributed by atoms with Gasteiger partial charge in [0, 0.05) is 53.8 Å². The van der Waals surface area contributed by atoms with E-state index in [0.29, 0.717) is 12.1 Å². The molecule has 0 radical (unpaired) electrons. The zero-order valence-electron chi connectivity index (χ0n) is 11.4. The number of aromatic nitrogens is 1. The van der Waals surface area contributed by atoms with Crippen molar-refractivity contribution in [1.29, 1.82) is 0 Å². The number of halogens is 1. The minimum absolute atomic E-state index is 0.566. The van der Waals surface area contributed by atoms with E-state index in [0.717, 1.165) is 30.2 Å². The fraction of sp³-hybridized carbons (Fsp3) is 0.467. The van der Waals surface area contributed by atoms with Crippen molar-refractivity contribution in [2.24, 2.45) is 0 Å². The molecule has 2 heterocycles. The van der Waals surface area contributed by atoms with Crippen molar-refractivity contribution in [1.82, 2.24) is 15.2 Å². The molecule has 0 bridgehead atoms. The number of H-pyrrole nitrogens is 1. The molecule has 2 N–H and O–H groups in total. The first-order valence-electron chi connectivity index (χ1n) is 6.86. The van der Waals surface area contributed by atoms with E-state index in [1.165, 1.54) is 10.9 Å². The van der Waals surface area contributed by atoms with Gasteiger partial charge < -0.3 is 10.3 Å². The van der Waals surface area contributed by atoms with Gasteiger partial charge in [-0.2, -0.15) is 0 Å². The smallest absolute Gasteiger partial charge is 0.0472 e. The maximum atomic E-state index is 6.02. The Labute approximate surface area is 118 Å².